The number of rotatable bonds is 2. The van der Waals surface area contributed by atoms with Gasteiger partial charge in [0.15, 0.2) is 0 Å². The largest absolute Gasteiger partial charge is 0.455 e. The van der Waals surface area contributed by atoms with Gasteiger partial charge < -0.3 is 24.0 Å². The van der Waals surface area contributed by atoms with E-state index in [1.807, 2.05) is 72.9 Å². The van der Waals surface area contributed by atoms with Crippen molar-refractivity contribution in [3.63, 3.8) is 0 Å². The molecule has 0 unspecified atom stereocenters. The molecule has 0 saturated carbocycles. The summed E-state index contributed by atoms with van der Waals surface area (Å²) in [5.74, 6) is 0. The fourth-order valence-electron chi connectivity index (χ4n) is 4.58. The van der Waals surface area contributed by atoms with Crippen molar-refractivity contribution in [3.05, 3.63) is 103 Å². The SMILES string of the molecule is CO.CO.[Ir].[c-]1ccccc1-c1cc(-c2cc3c4ccccc4oc3c3c2oc2ccccc23)ccn1. The number of pyridine rings is 1. The Balaban J connectivity index is 0.000000613. The molecule has 0 aliphatic rings. The molecular weight excluding hydrogens is 643 g/mol. The van der Waals surface area contributed by atoms with Crippen LogP contribution in [0.2, 0.25) is 0 Å². The molecule has 6 heteroatoms. The second-order valence-corrected chi connectivity index (χ2v) is 7.91. The van der Waals surface area contributed by atoms with E-state index >= 15 is 0 Å². The number of aromatic nitrogens is 1. The topological polar surface area (TPSA) is 79.6 Å². The van der Waals surface area contributed by atoms with Gasteiger partial charge in [0.05, 0.1) is 5.39 Å². The van der Waals surface area contributed by atoms with Crippen molar-refractivity contribution in [1.82, 2.24) is 4.98 Å². The maximum absolute atomic E-state index is 7.00. The van der Waals surface area contributed by atoms with E-state index in [-0.39, 0.29) is 20.1 Å². The fourth-order valence-corrected chi connectivity index (χ4v) is 4.58. The summed E-state index contributed by atoms with van der Waals surface area (Å²) in [6.07, 6.45) is 1.84. The normalized spacial score (nSPS) is 10.5. The zero-order valence-corrected chi connectivity index (χ0v) is 22.6. The minimum Gasteiger partial charge on any atom is -0.455 e. The van der Waals surface area contributed by atoms with Gasteiger partial charge >= 0.3 is 0 Å². The number of furan rings is 2. The number of hydrogen-bond donors (Lipinski definition) is 2. The summed E-state index contributed by atoms with van der Waals surface area (Å²) in [4.78, 5) is 4.58. The van der Waals surface area contributed by atoms with E-state index < -0.39 is 0 Å². The number of benzene rings is 4. The molecule has 7 rings (SSSR count). The molecule has 5 nitrogen and oxygen atoms in total. The van der Waals surface area contributed by atoms with Crippen LogP contribution in [-0.4, -0.2) is 29.4 Å². The fraction of sp³-hybridized carbons (Fsp3) is 0.0645. The van der Waals surface area contributed by atoms with Gasteiger partial charge in [-0.05, 0) is 35.5 Å². The van der Waals surface area contributed by atoms with Crippen LogP contribution in [0.4, 0.5) is 0 Å². The molecule has 187 valence electrons. The van der Waals surface area contributed by atoms with Crippen molar-refractivity contribution < 1.29 is 39.2 Å². The molecule has 0 bridgehead atoms. The molecule has 0 fully saturated rings. The van der Waals surface area contributed by atoms with Crippen molar-refractivity contribution >= 4 is 43.9 Å². The third-order valence-corrected chi connectivity index (χ3v) is 6.05. The van der Waals surface area contributed by atoms with Gasteiger partial charge in [-0.25, -0.2) is 0 Å². The average molecular weight is 667 g/mol. The van der Waals surface area contributed by atoms with Gasteiger partial charge in [0.1, 0.15) is 22.3 Å². The molecule has 1 radical (unpaired) electrons. The molecule has 7 aromatic rings. The predicted molar refractivity (Wildman–Crippen MR) is 145 cm³/mol. The van der Waals surface area contributed by atoms with Crippen LogP contribution in [-0.2, 0) is 20.1 Å². The van der Waals surface area contributed by atoms with Crippen molar-refractivity contribution in [3.8, 4) is 22.4 Å². The molecule has 0 atom stereocenters. The molecule has 0 aliphatic carbocycles. The minimum absolute atomic E-state index is 0. The van der Waals surface area contributed by atoms with Crippen molar-refractivity contribution in [2.24, 2.45) is 0 Å². The quantitative estimate of drug-likeness (QED) is 0.191. The van der Waals surface area contributed by atoms with Crippen LogP contribution in [0.15, 0.2) is 106 Å². The first-order chi connectivity index (χ1) is 17.9. The second-order valence-electron chi connectivity index (χ2n) is 7.91. The molecule has 37 heavy (non-hydrogen) atoms. The Morgan fingerprint density at radius 1 is 0.676 bits per heavy atom. The Bertz CT molecular complexity index is 1790. The summed E-state index contributed by atoms with van der Waals surface area (Å²) in [6, 6.07) is 33.8. The third-order valence-electron chi connectivity index (χ3n) is 6.05. The molecule has 0 amide bonds. The van der Waals surface area contributed by atoms with E-state index in [9.17, 15) is 0 Å². The van der Waals surface area contributed by atoms with Crippen LogP contribution in [0.3, 0.4) is 0 Å². The summed E-state index contributed by atoms with van der Waals surface area (Å²) in [6.45, 7) is 0. The monoisotopic (exact) mass is 667 g/mol. The van der Waals surface area contributed by atoms with Gasteiger partial charge in [0.2, 0.25) is 0 Å². The standard InChI is InChI=1S/C29H16NO2.2CH4O.Ir/c1-2-8-18(9-3-1)24-16-19(14-15-30-24)22-17-23-20-10-4-6-12-25(20)31-29(23)27-21-11-5-7-13-26(21)32-28(22)27;2*1-2;/h1-8,10-17H;2*2H,1H3;/q-1;;;. The van der Waals surface area contributed by atoms with E-state index in [0.717, 1.165) is 80.5 Å². The van der Waals surface area contributed by atoms with Gasteiger partial charge in [-0.2, -0.15) is 0 Å². The molecule has 3 aromatic heterocycles. The number of para-hydroxylation sites is 2. The molecule has 0 aliphatic heterocycles. The Hall–Kier alpha value is -3.80. The molecule has 0 saturated heterocycles. The van der Waals surface area contributed by atoms with Crippen molar-refractivity contribution in [1.29, 1.82) is 0 Å². The van der Waals surface area contributed by atoms with E-state index in [0.29, 0.717) is 0 Å². The summed E-state index contributed by atoms with van der Waals surface area (Å²) in [5, 5.41) is 18.2. The molecule has 0 spiro atoms. The maximum Gasteiger partial charge on any atom is 0.147 e. The minimum atomic E-state index is 0. The smallest absolute Gasteiger partial charge is 0.147 e. The average Bonchev–Trinajstić information content (AvgIpc) is 3.54. The van der Waals surface area contributed by atoms with Gasteiger partial charge in [-0.1, -0.05) is 42.5 Å². The van der Waals surface area contributed by atoms with Crippen LogP contribution in [0, 0.1) is 6.07 Å². The van der Waals surface area contributed by atoms with Crippen LogP contribution >= 0.6 is 0 Å². The number of aliphatic hydroxyl groups excluding tert-OH is 2. The Kier molecular flexibility index (Phi) is 8.17. The number of aliphatic hydroxyl groups is 2. The first-order valence-corrected chi connectivity index (χ1v) is 11.5. The van der Waals surface area contributed by atoms with Crippen molar-refractivity contribution in [2.75, 3.05) is 14.2 Å². The third kappa shape index (κ3) is 4.57. The van der Waals surface area contributed by atoms with Crippen LogP contribution in [0.5, 0.6) is 0 Å². The Labute approximate surface area is 227 Å². The van der Waals surface area contributed by atoms with Gasteiger partial charge in [0, 0.05) is 62.2 Å². The van der Waals surface area contributed by atoms with E-state index in [4.69, 9.17) is 19.0 Å². The second kappa shape index (κ2) is 11.5. The van der Waals surface area contributed by atoms with E-state index in [1.165, 1.54) is 0 Å². The Morgan fingerprint density at radius 2 is 1.32 bits per heavy atom. The molecule has 2 N–H and O–H groups in total. The number of nitrogens with zero attached hydrogens (tertiary/aromatic N) is 1. The number of hydrogen-bond acceptors (Lipinski definition) is 5. The first kappa shape index (κ1) is 26.3. The maximum atomic E-state index is 7.00. The van der Waals surface area contributed by atoms with Gasteiger partial charge in [-0.3, -0.25) is 0 Å². The summed E-state index contributed by atoms with van der Waals surface area (Å²) in [7, 11) is 2.00. The molecule has 3 heterocycles. The van der Waals surface area contributed by atoms with Crippen LogP contribution < -0.4 is 0 Å². The van der Waals surface area contributed by atoms with Gasteiger partial charge in [0.25, 0.3) is 0 Å². The number of fused-ring (bicyclic) bond motifs is 7. The zero-order valence-electron chi connectivity index (χ0n) is 20.2. The Morgan fingerprint density at radius 3 is 2.05 bits per heavy atom. The van der Waals surface area contributed by atoms with Crippen LogP contribution in [0.1, 0.15) is 0 Å². The van der Waals surface area contributed by atoms with Gasteiger partial charge in [-0.15, -0.1) is 35.9 Å². The zero-order chi connectivity index (χ0) is 25.1. The predicted octanol–water partition coefficient (Wildman–Crippen LogP) is 7.23. The van der Waals surface area contributed by atoms with Crippen molar-refractivity contribution in [2.45, 2.75) is 0 Å². The molecular formula is C31H24IrNO4-. The van der Waals surface area contributed by atoms with Crippen LogP contribution in [0.25, 0.3) is 66.3 Å². The molecule has 4 aromatic carbocycles. The first-order valence-electron chi connectivity index (χ1n) is 11.5. The summed E-state index contributed by atoms with van der Waals surface area (Å²) < 4.78 is 12.7. The van der Waals surface area contributed by atoms with E-state index in [2.05, 4.69) is 35.3 Å². The van der Waals surface area contributed by atoms with E-state index in [1.54, 1.807) is 0 Å². The summed E-state index contributed by atoms with van der Waals surface area (Å²) in [5.41, 5.74) is 7.32. The summed E-state index contributed by atoms with van der Waals surface area (Å²) >= 11 is 0.